The Bertz CT molecular complexity index is 1550. The minimum Gasteiger partial charge on any atom is -0.448 e. The van der Waals surface area contributed by atoms with Crippen molar-refractivity contribution >= 4 is 30.9 Å². The van der Waals surface area contributed by atoms with Crippen LogP contribution in [0.5, 0.6) is 11.5 Å². The predicted molar refractivity (Wildman–Crippen MR) is 118 cm³/mol. The highest BCUT2D eigenvalue weighted by Gasteiger charge is 2.29. The zero-order valence-electron chi connectivity index (χ0n) is 18.1. The molecule has 1 fully saturated rings. The van der Waals surface area contributed by atoms with E-state index in [4.69, 9.17) is 4.74 Å². The van der Waals surface area contributed by atoms with Crippen molar-refractivity contribution in [2.45, 2.75) is 24.0 Å². The third-order valence-electron chi connectivity index (χ3n) is 5.42. The van der Waals surface area contributed by atoms with Gasteiger partial charge in [-0.3, -0.25) is 9.36 Å². The molecule has 0 unspecified atom stereocenters. The summed E-state index contributed by atoms with van der Waals surface area (Å²) in [5.74, 6) is -2.53. The lowest BCUT2D eigenvalue weighted by atomic mass is 10.1. The van der Waals surface area contributed by atoms with Crippen LogP contribution in [-0.4, -0.2) is 61.3 Å². The van der Waals surface area contributed by atoms with Gasteiger partial charge < -0.3 is 4.74 Å². The fraction of sp³-hybridized carbons (Fsp3) is 0.350. The summed E-state index contributed by atoms with van der Waals surface area (Å²) in [7, 11) is -7.22. The van der Waals surface area contributed by atoms with Gasteiger partial charge in [-0.1, -0.05) is 0 Å². The highest BCUT2D eigenvalue weighted by molar-refractivity contribution is 7.90. The first-order valence-electron chi connectivity index (χ1n) is 10.0. The lowest BCUT2D eigenvalue weighted by molar-refractivity contribution is 0.273. The Kier molecular flexibility index (Phi) is 6.16. The van der Waals surface area contributed by atoms with Crippen molar-refractivity contribution < 1.29 is 30.4 Å². The van der Waals surface area contributed by atoms with Gasteiger partial charge in [0.05, 0.1) is 6.26 Å². The predicted octanol–water partition coefficient (Wildman–Crippen LogP) is 1.86. The molecule has 0 saturated carbocycles. The largest absolute Gasteiger partial charge is 0.448 e. The number of benzene rings is 1. The maximum Gasteiger partial charge on any atom is 0.295 e. The standard InChI is InChI=1S/C20H20F2N4O6S2/c1-33(28,29)20-23-11-12-9-17(32-16-4-3-13(21)10-15(16)22)19(27)26(18(12)24-20)14-5-7-25(8-6-14)34(2,30)31/h3-4,9-11,14H,5-8H2,1-2H3. The Morgan fingerprint density at radius 2 is 1.71 bits per heavy atom. The van der Waals surface area contributed by atoms with Crippen molar-refractivity contribution in [3.8, 4) is 11.5 Å². The fourth-order valence-corrected chi connectivity index (χ4v) is 5.15. The van der Waals surface area contributed by atoms with E-state index in [1.807, 2.05) is 0 Å². The molecule has 0 spiro atoms. The molecule has 34 heavy (non-hydrogen) atoms. The summed E-state index contributed by atoms with van der Waals surface area (Å²) in [4.78, 5) is 21.3. The second kappa shape index (κ2) is 8.67. The molecule has 10 nitrogen and oxygen atoms in total. The van der Waals surface area contributed by atoms with Crippen molar-refractivity contribution in [2.24, 2.45) is 0 Å². The molecule has 1 aromatic carbocycles. The van der Waals surface area contributed by atoms with Crippen molar-refractivity contribution in [1.29, 1.82) is 0 Å². The molecule has 0 amide bonds. The number of piperidine rings is 1. The van der Waals surface area contributed by atoms with Crippen LogP contribution in [0.1, 0.15) is 18.9 Å². The smallest absolute Gasteiger partial charge is 0.295 e. The average Bonchev–Trinajstić information content (AvgIpc) is 2.74. The topological polar surface area (TPSA) is 129 Å². The molecule has 182 valence electrons. The summed E-state index contributed by atoms with van der Waals surface area (Å²) in [5, 5.41) is -0.241. The van der Waals surface area contributed by atoms with Crippen LogP contribution in [0.25, 0.3) is 11.0 Å². The van der Waals surface area contributed by atoms with Crippen LogP contribution >= 0.6 is 0 Å². The van der Waals surface area contributed by atoms with Crippen LogP contribution in [0.3, 0.4) is 0 Å². The Balaban J connectivity index is 1.86. The SMILES string of the molecule is CS(=O)(=O)c1ncc2cc(Oc3ccc(F)cc3F)c(=O)n(C3CCN(S(C)(=O)=O)CC3)c2n1. The molecule has 4 rings (SSSR count). The molecule has 0 N–H and O–H groups in total. The Hall–Kier alpha value is -2.97. The summed E-state index contributed by atoms with van der Waals surface area (Å²) in [6, 6.07) is 3.32. The lowest BCUT2D eigenvalue weighted by Crippen LogP contribution is -2.40. The number of halogens is 2. The van der Waals surface area contributed by atoms with Crippen LogP contribution in [0, 0.1) is 11.6 Å². The number of nitrogens with zero attached hydrogens (tertiary/aromatic N) is 4. The van der Waals surface area contributed by atoms with Crippen molar-refractivity contribution in [3.63, 3.8) is 0 Å². The van der Waals surface area contributed by atoms with Crippen LogP contribution in [0.15, 0.2) is 40.4 Å². The van der Waals surface area contributed by atoms with Gasteiger partial charge in [0, 0.05) is 43.0 Å². The van der Waals surface area contributed by atoms with Crippen molar-refractivity contribution in [2.75, 3.05) is 25.6 Å². The van der Waals surface area contributed by atoms with E-state index in [1.54, 1.807) is 0 Å². The third kappa shape index (κ3) is 4.79. The fourth-order valence-electron chi connectivity index (χ4n) is 3.78. The van der Waals surface area contributed by atoms with Gasteiger partial charge in [0.1, 0.15) is 11.5 Å². The third-order valence-corrected chi connectivity index (χ3v) is 7.58. The number of pyridine rings is 1. The first-order chi connectivity index (χ1) is 15.8. The van der Waals surface area contributed by atoms with E-state index in [9.17, 15) is 30.4 Å². The minimum atomic E-state index is -3.79. The zero-order chi connectivity index (χ0) is 24.8. The molecule has 1 aliphatic heterocycles. The maximum atomic E-state index is 14.1. The van der Waals surface area contributed by atoms with Gasteiger partial charge in [0.15, 0.2) is 17.3 Å². The molecule has 0 radical (unpaired) electrons. The minimum absolute atomic E-state index is 0.0187. The van der Waals surface area contributed by atoms with E-state index < -0.39 is 48.3 Å². The van der Waals surface area contributed by atoms with Crippen LogP contribution in [0.4, 0.5) is 8.78 Å². The summed E-state index contributed by atoms with van der Waals surface area (Å²) < 4.78 is 83.1. The van der Waals surface area contributed by atoms with Crippen LogP contribution in [0.2, 0.25) is 0 Å². The number of rotatable bonds is 5. The second-order valence-corrected chi connectivity index (χ2v) is 11.8. The van der Waals surface area contributed by atoms with Gasteiger partial charge in [0.2, 0.25) is 25.0 Å². The maximum absolute atomic E-state index is 14.1. The first-order valence-corrected chi connectivity index (χ1v) is 13.8. The monoisotopic (exact) mass is 514 g/mol. The van der Waals surface area contributed by atoms with E-state index in [-0.39, 0.29) is 48.5 Å². The molecular formula is C20H20F2N4O6S2. The molecule has 0 aliphatic carbocycles. The van der Waals surface area contributed by atoms with Gasteiger partial charge in [-0.2, -0.15) is 4.98 Å². The average molecular weight is 515 g/mol. The molecule has 2 aromatic heterocycles. The normalized spacial score (nSPS) is 16.1. The summed E-state index contributed by atoms with van der Waals surface area (Å²) in [6.45, 7) is 0.276. The summed E-state index contributed by atoms with van der Waals surface area (Å²) >= 11 is 0. The second-order valence-electron chi connectivity index (χ2n) is 7.96. The van der Waals surface area contributed by atoms with Gasteiger partial charge in [0.25, 0.3) is 5.56 Å². The first kappa shape index (κ1) is 24.2. The van der Waals surface area contributed by atoms with Gasteiger partial charge in [-0.25, -0.2) is 34.9 Å². The quantitative estimate of drug-likeness (QED) is 0.472. The van der Waals surface area contributed by atoms with Crippen LogP contribution in [-0.2, 0) is 19.9 Å². The molecule has 1 saturated heterocycles. The highest BCUT2D eigenvalue weighted by Crippen LogP contribution is 2.29. The Morgan fingerprint density at radius 3 is 2.29 bits per heavy atom. The number of ether oxygens (including phenoxy) is 1. The number of fused-ring (bicyclic) bond motifs is 1. The number of hydrogen-bond acceptors (Lipinski definition) is 8. The molecule has 1 aliphatic rings. The molecular weight excluding hydrogens is 494 g/mol. The number of sulfone groups is 1. The van der Waals surface area contributed by atoms with Gasteiger partial charge >= 0.3 is 0 Å². The Labute approximate surface area is 193 Å². The van der Waals surface area contributed by atoms with E-state index in [0.29, 0.717) is 6.07 Å². The zero-order valence-corrected chi connectivity index (χ0v) is 19.7. The van der Waals surface area contributed by atoms with Crippen molar-refractivity contribution in [3.05, 3.63) is 52.5 Å². The molecule has 0 bridgehead atoms. The van der Waals surface area contributed by atoms with E-state index in [2.05, 4.69) is 9.97 Å². The number of aromatic nitrogens is 3. The van der Waals surface area contributed by atoms with Gasteiger partial charge in [-0.05, 0) is 31.0 Å². The van der Waals surface area contributed by atoms with Crippen molar-refractivity contribution in [1.82, 2.24) is 18.8 Å². The molecule has 14 heteroatoms. The lowest BCUT2D eigenvalue weighted by Gasteiger charge is -2.31. The molecule has 3 heterocycles. The molecule has 3 aromatic rings. The van der Waals surface area contributed by atoms with E-state index in [1.165, 1.54) is 21.1 Å². The number of sulfonamides is 1. The molecule has 0 atom stereocenters. The van der Waals surface area contributed by atoms with E-state index >= 15 is 0 Å². The number of hydrogen-bond donors (Lipinski definition) is 0. The summed E-state index contributed by atoms with van der Waals surface area (Å²) in [5.41, 5.74) is -0.711. The highest BCUT2D eigenvalue weighted by atomic mass is 32.2. The van der Waals surface area contributed by atoms with E-state index in [0.717, 1.165) is 24.6 Å². The van der Waals surface area contributed by atoms with Gasteiger partial charge in [-0.15, -0.1) is 0 Å². The Morgan fingerprint density at radius 1 is 1.03 bits per heavy atom. The summed E-state index contributed by atoms with van der Waals surface area (Å²) in [6.07, 6.45) is 3.71. The van der Waals surface area contributed by atoms with Crippen LogP contribution < -0.4 is 10.3 Å².